The summed E-state index contributed by atoms with van der Waals surface area (Å²) in [4.78, 5) is 24.4. The van der Waals surface area contributed by atoms with Gasteiger partial charge in [-0.15, -0.1) is 0 Å². The molecule has 0 spiro atoms. The van der Waals surface area contributed by atoms with Gasteiger partial charge in [-0.2, -0.15) is 13.2 Å². The van der Waals surface area contributed by atoms with Crippen LogP contribution in [0.25, 0.3) is 0 Å². The molecule has 0 N–H and O–H groups in total. The van der Waals surface area contributed by atoms with Crippen LogP contribution in [0.3, 0.4) is 0 Å². The maximum Gasteiger partial charge on any atom is 0.433 e. The Kier molecular flexibility index (Phi) is 27.0. The van der Waals surface area contributed by atoms with Crippen LogP contribution in [0.1, 0.15) is 73.5 Å². The summed E-state index contributed by atoms with van der Waals surface area (Å²) >= 11 is 17.2. The van der Waals surface area contributed by atoms with Crippen LogP contribution in [-0.4, -0.2) is 73.6 Å². The summed E-state index contributed by atoms with van der Waals surface area (Å²) in [5, 5.41) is 11.5. The number of hydrogen-bond donors (Lipinski definition) is 0. The van der Waals surface area contributed by atoms with E-state index in [2.05, 4.69) is 24.7 Å². The Bertz CT molecular complexity index is 1580. The lowest BCUT2D eigenvalue weighted by Crippen LogP contribution is -2.07. The molecule has 4 heterocycles. The third-order valence-electron chi connectivity index (χ3n) is 6.83. The predicted molar refractivity (Wildman–Crippen MR) is 202 cm³/mol. The van der Waals surface area contributed by atoms with Gasteiger partial charge >= 0.3 is 6.18 Å². The number of nitrogens with zero attached hydrogens (tertiary/aromatic N) is 5. The Balaban J connectivity index is 0.000000655. The number of alkyl halides is 3. The zero-order chi connectivity index (χ0) is 41.1. The molecule has 0 fully saturated rings. The predicted octanol–water partition coefficient (Wildman–Crippen LogP) is 9.87. The van der Waals surface area contributed by atoms with E-state index < -0.39 is 11.9 Å². The second-order valence-electron chi connectivity index (χ2n) is 10.8. The van der Waals surface area contributed by atoms with Gasteiger partial charge in [0.2, 0.25) is 6.54 Å². The van der Waals surface area contributed by atoms with Crippen LogP contribution in [0.5, 0.6) is 0 Å². The van der Waals surface area contributed by atoms with Gasteiger partial charge in [0.1, 0.15) is 10.8 Å². The Hall–Kier alpha value is -3.54. The molecule has 0 bridgehead atoms. The highest BCUT2D eigenvalue weighted by Gasteiger charge is 2.31. The lowest BCUT2D eigenvalue weighted by molar-refractivity contribution is -0.480. The van der Waals surface area contributed by atoms with Crippen molar-refractivity contribution in [3.8, 4) is 0 Å². The molecule has 4 aromatic heterocycles. The smallest absolute Gasteiger partial charge is 0.384 e. The summed E-state index contributed by atoms with van der Waals surface area (Å²) in [6, 6.07) is 9.55. The van der Waals surface area contributed by atoms with Crippen molar-refractivity contribution in [1.82, 2.24) is 19.9 Å². The lowest BCUT2D eigenvalue weighted by atomic mass is 10.2. The number of ether oxygens (including phenoxy) is 5. The van der Waals surface area contributed by atoms with E-state index in [4.69, 9.17) is 53.8 Å². The molecule has 54 heavy (non-hydrogen) atoms. The average molecular weight is 825 g/mol. The van der Waals surface area contributed by atoms with Crippen LogP contribution < -0.4 is 0 Å². The van der Waals surface area contributed by atoms with Crippen molar-refractivity contribution < 1.29 is 41.8 Å². The molecule has 0 aliphatic heterocycles. The van der Waals surface area contributed by atoms with Gasteiger partial charge in [0.15, 0.2) is 0 Å². The summed E-state index contributed by atoms with van der Waals surface area (Å²) in [5.74, 6) is 0. The van der Waals surface area contributed by atoms with Gasteiger partial charge in [0, 0.05) is 100 Å². The molecule has 0 saturated carbocycles. The monoisotopic (exact) mass is 823 g/mol. The number of hydrogen-bond acceptors (Lipinski definition) is 11. The number of halogens is 6. The number of rotatable bonds is 12. The Morgan fingerprint density at radius 2 is 1.41 bits per heavy atom. The van der Waals surface area contributed by atoms with Crippen LogP contribution in [0.4, 0.5) is 13.2 Å². The summed E-state index contributed by atoms with van der Waals surface area (Å²) in [6.45, 7) is 6.60. The summed E-state index contributed by atoms with van der Waals surface area (Å²) in [7, 11) is 7.97. The van der Waals surface area contributed by atoms with E-state index in [0.717, 1.165) is 29.0 Å². The van der Waals surface area contributed by atoms with Gasteiger partial charge in [-0.25, -0.2) is 4.98 Å². The van der Waals surface area contributed by atoms with Gasteiger partial charge in [0.05, 0.1) is 36.5 Å². The molecule has 0 saturated heterocycles. The average Bonchev–Trinajstić information content (AvgIpc) is 3.15. The van der Waals surface area contributed by atoms with Crippen molar-refractivity contribution >= 4 is 34.8 Å². The topological polar surface area (TPSA) is 141 Å². The normalized spacial score (nSPS) is 12.1. The fourth-order valence-corrected chi connectivity index (χ4v) is 4.10. The largest absolute Gasteiger partial charge is 0.433 e. The zero-order valence-electron chi connectivity index (χ0n) is 31.4. The fraction of sp³-hybridized carbons (Fsp3) is 0.444. The van der Waals surface area contributed by atoms with E-state index in [0.29, 0.717) is 33.8 Å². The minimum Gasteiger partial charge on any atom is -0.384 e. The number of pyridine rings is 4. The molecule has 0 amide bonds. The summed E-state index contributed by atoms with van der Waals surface area (Å²) < 4.78 is 60.6. The first-order valence-electron chi connectivity index (χ1n) is 16.1. The van der Waals surface area contributed by atoms with E-state index in [1.54, 1.807) is 64.4 Å². The lowest BCUT2D eigenvalue weighted by Gasteiger charge is -2.09. The highest BCUT2D eigenvalue weighted by Crippen LogP contribution is 2.27. The van der Waals surface area contributed by atoms with Crippen molar-refractivity contribution in [2.24, 2.45) is 0 Å². The molecule has 12 nitrogen and oxygen atoms in total. The molecule has 18 heteroatoms. The SMILES string of the molecule is COC(C)c1ccc(Cl)nc1.COC(C)c1cncc(Cl)c1.COC(C)c1cnccc1Cl.COCCC[N+](=O)[O-].COCc1ccc(C(F)(F)F)nc1. The third-order valence-corrected chi connectivity index (χ3v) is 7.60. The molecule has 0 radical (unpaired) electrons. The second kappa shape index (κ2) is 28.8. The van der Waals surface area contributed by atoms with E-state index in [1.807, 2.05) is 32.9 Å². The molecule has 3 atom stereocenters. The standard InChI is InChI=1S/3C8H10ClNO.C8H8F3NO.C4H9NO3/c1-6(11-2)7-3-8(9)5-10-4-7;1-6(11-2)7-5-10-4-3-8(7)9;1-6(11-2)7-3-4-8(9)10-5-7;1-13-5-6-2-3-7(12-4-6)8(9,10)11;1-8-4-2-3-5(6)7/h3*3-6H,1-2H3;2-4H,5H2,1H3;2-4H2,1H3. The van der Waals surface area contributed by atoms with Crippen LogP contribution >= 0.6 is 34.8 Å². The van der Waals surface area contributed by atoms with E-state index >= 15 is 0 Å². The van der Waals surface area contributed by atoms with Crippen LogP contribution in [0, 0.1) is 10.1 Å². The molecule has 0 aliphatic rings. The van der Waals surface area contributed by atoms with Crippen molar-refractivity contribution in [3.05, 3.63) is 127 Å². The first kappa shape index (κ1) is 50.5. The van der Waals surface area contributed by atoms with Crippen molar-refractivity contribution in [1.29, 1.82) is 0 Å². The number of nitro groups is 1. The summed E-state index contributed by atoms with van der Waals surface area (Å²) in [5.41, 5.74) is 2.71. The zero-order valence-corrected chi connectivity index (χ0v) is 33.6. The molecule has 3 unspecified atom stereocenters. The van der Waals surface area contributed by atoms with Gasteiger partial charge < -0.3 is 23.7 Å². The molecule has 300 valence electrons. The highest BCUT2D eigenvalue weighted by atomic mass is 35.5. The van der Waals surface area contributed by atoms with Gasteiger partial charge in [0.25, 0.3) is 0 Å². The van der Waals surface area contributed by atoms with Gasteiger partial charge in [-0.3, -0.25) is 25.1 Å². The quantitative estimate of drug-likeness (QED) is 0.0583. The fourth-order valence-electron chi connectivity index (χ4n) is 3.55. The Labute approximate surface area is 329 Å². The first-order chi connectivity index (χ1) is 25.5. The summed E-state index contributed by atoms with van der Waals surface area (Å²) in [6.07, 6.45) is 5.90. The minimum absolute atomic E-state index is 0.00778. The van der Waals surface area contributed by atoms with Crippen molar-refractivity contribution in [2.75, 3.05) is 48.7 Å². The van der Waals surface area contributed by atoms with Gasteiger partial charge in [-0.05, 0) is 56.2 Å². The van der Waals surface area contributed by atoms with Crippen molar-refractivity contribution in [2.45, 2.75) is 58.3 Å². The first-order valence-corrected chi connectivity index (χ1v) is 17.2. The van der Waals surface area contributed by atoms with Crippen LogP contribution in [-0.2, 0) is 36.5 Å². The Morgan fingerprint density at radius 3 is 1.87 bits per heavy atom. The molecular formula is C36H47Cl3F3N5O7. The second-order valence-corrected chi connectivity index (χ2v) is 12.0. The number of methoxy groups -OCH3 is 5. The third kappa shape index (κ3) is 22.6. The highest BCUT2D eigenvalue weighted by molar-refractivity contribution is 6.31. The molecular weight excluding hydrogens is 778 g/mol. The van der Waals surface area contributed by atoms with E-state index in [9.17, 15) is 23.3 Å². The van der Waals surface area contributed by atoms with E-state index in [1.165, 1.54) is 20.3 Å². The Morgan fingerprint density at radius 1 is 0.759 bits per heavy atom. The maximum absolute atomic E-state index is 12.0. The van der Waals surface area contributed by atoms with E-state index in [-0.39, 0.29) is 36.4 Å². The minimum atomic E-state index is -4.37. The van der Waals surface area contributed by atoms with Crippen molar-refractivity contribution in [3.63, 3.8) is 0 Å². The molecule has 4 aromatic rings. The van der Waals surface area contributed by atoms with Crippen LogP contribution in [0.2, 0.25) is 15.2 Å². The molecule has 4 rings (SSSR count). The maximum atomic E-state index is 12.0. The number of aromatic nitrogens is 4. The molecule has 0 aromatic carbocycles. The van der Waals surface area contributed by atoms with Crippen LogP contribution in [0.15, 0.2) is 73.6 Å². The van der Waals surface area contributed by atoms with Gasteiger partial charge in [-0.1, -0.05) is 46.9 Å². The molecule has 0 aliphatic carbocycles.